The van der Waals surface area contributed by atoms with Crippen LogP contribution in [0.3, 0.4) is 0 Å². The highest BCUT2D eigenvalue weighted by atomic mass is 28.4. The number of benzene rings is 2. The van der Waals surface area contributed by atoms with Crippen LogP contribution >= 0.6 is 0 Å². The molecule has 4 nitrogen and oxygen atoms in total. The molecule has 1 aliphatic rings. The molecule has 0 aliphatic carbocycles. The second-order valence-electron chi connectivity index (χ2n) is 9.54. The Kier molecular flexibility index (Phi) is 6.37. The minimum absolute atomic E-state index is 0.0716. The Morgan fingerprint density at radius 1 is 1.03 bits per heavy atom. The molecule has 5 heteroatoms. The van der Waals surface area contributed by atoms with E-state index in [1.54, 1.807) is 0 Å². The molecule has 0 spiro atoms. The van der Waals surface area contributed by atoms with Crippen LogP contribution in [0.2, 0.25) is 5.04 Å². The fourth-order valence-corrected chi connectivity index (χ4v) is 9.01. The van der Waals surface area contributed by atoms with Gasteiger partial charge in [0.05, 0.1) is 18.2 Å². The molecule has 29 heavy (non-hydrogen) atoms. The lowest BCUT2D eigenvalue weighted by molar-refractivity contribution is -0.140. The molecule has 3 rings (SSSR count). The van der Waals surface area contributed by atoms with E-state index in [2.05, 4.69) is 81.4 Å². The van der Waals surface area contributed by atoms with Gasteiger partial charge >= 0.3 is 0 Å². The molecule has 1 heterocycles. The van der Waals surface area contributed by atoms with Crippen LogP contribution in [0.4, 0.5) is 0 Å². The van der Waals surface area contributed by atoms with Gasteiger partial charge in [0.15, 0.2) is 6.29 Å². The summed E-state index contributed by atoms with van der Waals surface area (Å²) in [6.45, 7) is 9.32. The summed E-state index contributed by atoms with van der Waals surface area (Å²) in [5.74, 6) is 0. The van der Waals surface area contributed by atoms with Gasteiger partial charge in [-0.2, -0.15) is 0 Å². The van der Waals surface area contributed by atoms with Crippen LogP contribution in [0.1, 0.15) is 34.1 Å². The molecule has 1 saturated heterocycles. The van der Waals surface area contributed by atoms with Crippen LogP contribution in [0.25, 0.3) is 0 Å². The first-order chi connectivity index (χ1) is 13.6. The number of hydrogen-bond donors (Lipinski definition) is 1. The van der Waals surface area contributed by atoms with Crippen molar-refractivity contribution in [3.05, 3.63) is 60.7 Å². The largest absolute Gasteiger partial charge is 0.405 e. The summed E-state index contributed by atoms with van der Waals surface area (Å²) in [4.78, 5) is 2.04. The third-order valence-corrected chi connectivity index (χ3v) is 11.4. The van der Waals surface area contributed by atoms with Gasteiger partial charge in [-0.15, -0.1) is 0 Å². The summed E-state index contributed by atoms with van der Waals surface area (Å²) in [6, 6.07) is 21.2. The molecular formula is C24H35NO3Si. The maximum atomic E-state index is 10.5. The molecule has 1 fully saturated rings. The second kappa shape index (κ2) is 8.32. The highest BCUT2D eigenvalue weighted by Crippen LogP contribution is 2.38. The van der Waals surface area contributed by atoms with E-state index in [-0.39, 0.29) is 11.1 Å². The Morgan fingerprint density at radius 3 is 1.90 bits per heavy atom. The number of nitrogens with zero attached hydrogens (tertiary/aromatic N) is 1. The van der Waals surface area contributed by atoms with Crippen LogP contribution in [-0.4, -0.2) is 57.0 Å². The van der Waals surface area contributed by atoms with Gasteiger partial charge in [-0.1, -0.05) is 81.4 Å². The van der Waals surface area contributed by atoms with Gasteiger partial charge in [-0.25, -0.2) is 0 Å². The highest BCUT2D eigenvalue weighted by Gasteiger charge is 2.52. The highest BCUT2D eigenvalue weighted by molar-refractivity contribution is 6.99. The maximum Gasteiger partial charge on any atom is 0.261 e. The first kappa shape index (κ1) is 22.2. The van der Waals surface area contributed by atoms with Crippen LogP contribution in [0.15, 0.2) is 60.7 Å². The predicted molar refractivity (Wildman–Crippen MR) is 121 cm³/mol. The number of rotatable bonds is 6. The number of aliphatic hydroxyl groups excluding tert-OH is 1. The van der Waals surface area contributed by atoms with E-state index in [4.69, 9.17) is 9.16 Å². The van der Waals surface area contributed by atoms with Crippen LogP contribution in [0, 0.1) is 0 Å². The van der Waals surface area contributed by atoms with Crippen molar-refractivity contribution >= 4 is 18.7 Å². The van der Waals surface area contributed by atoms with Gasteiger partial charge in [0.25, 0.3) is 8.32 Å². The lowest BCUT2D eigenvalue weighted by atomic mass is 9.96. The van der Waals surface area contributed by atoms with E-state index in [0.29, 0.717) is 6.61 Å². The zero-order chi connectivity index (χ0) is 21.3. The monoisotopic (exact) mass is 413 g/mol. The minimum atomic E-state index is -2.59. The van der Waals surface area contributed by atoms with E-state index in [1.807, 2.05) is 25.9 Å². The molecule has 1 N–H and O–H groups in total. The third kappa shape index (κ3) is 4.07. The summed E-state index contributed by atoms with van der Waals surface area (Å²) < 4.78 is 12.9. The molecule has 0 bridgehead atoms. The Bertz CT molecular complexity index is 751. The summed E-state index contributed by atoms with van der Waals surface area (Å²) in [5.41, 5.74) is -0.403. The van der Waals surface area contributed by atoms with Crippen molar-refractivity contribution in [2.24, 2.45) is 0 Å². The lowest BCUT2D eigenvalue weighted by Gasteiger charge is -2.43. The molecule has 0 unspecified atom stereocenters. The van der Waals surface area contributed by atoms with E-state index in [1.165, 1.54) is 10.4 Å². The number of hydrogen-bond acceptors (Lipinski definition) is 4. The van der Waals surface area contributed by atoms with Crippen molar-refractivity contribution in [3.8, 4) is 0 Å². The van der Waals surface area contributed by atoms with Crippen LogP contribution in [-0.2, 0) is 9.16 Å². The molecular weight excluding hydrogens is 378 g/mol. The zero-order valence-corrected chi connectivity index (χ0v) is 19.6. The maximum absolute atomic E-state index is 10.5. The molecule has 1 aliphatic heterocycles. The third-order valence-electron chi connectivity index (χ3n) is 6.42. The Balaban J connectivity index is 1.97. The molecule has 0 amide bonds. The van der Waals surface area contributed by atoms with Crippen LogP contribution < -0.4 is 10.4 Å². The zero-order valence-electron chi connectivity index (χ0n) is 18.6. The van der Waals surface area contributed by atoms with Gasteiger partial charge in [0.2, 0.25) is 0 Å². The van der Waals surface area contributed by atoms with E-state index in [0.717, 1.165) is 6.42 Å². The molecule has 2 aromatic rings. The topological polar surface area (TPSA) is 41.9 Å². The molecule has 0 saturated carbocycles. The summed E-state index contributed by atoms with van der Waals surface area (Å²) in [5, 5.41) is 12.9. The first-order valence-corrected chi connectivity index (χ1v) is 12.3. The quantitative estimate of drug-likeness (QED) is 0.740. The van der Waals surface area contributed by atoms with Crippen molar-refractivity contribution < 1.29 is 14.3 Å². The van der Waals surface area contributed by atoms with Crippen molar-refractivity contribution in [3.63, 3.8) is 0 Å². The average molecular weight is 414 g/mol. The molecule has 0 radical (unpaired) electrons. The van der Waals surface area contributed by atoms with Crippen LogP contribution in [0.5, 0.6) is 0 Å². The molecule has 0 aromatic heterocycles. The summed E-state index contributed by atoms with van der Waals surface area (Å²) in [6.07, 6.45) is -0.219. The Labute approximate surface area is 176 Å². The molecule has 158 valence electrons. The van der Waals surface area contributed by atoms with Gasteiger partial charge in [-0.3, -0.25) is 4.90 Å². The standard InChI is InChI=1S/C24H35NO3Si/c1-23(2,3)29(20-13-9-7-10-14-20,21-15-11-8-12-16-21)27-18-19-17-24(4,25(5)6)22(26)28-19/h7-16,19,22,26H,17-18H2,1-6H3/t19-,22+,24-/m0/s1. The predicted octanol–water partition coefficient (Wildman–Crippen LogP) is 2.99. The second-order valence-corrected chi connectivity index (χ2v) is 13.8. The SMILES string of the molecule is CN(C)[C@@]1(C)C[C@@H](CO[Si](c2ccccc2)(c2ccccc2)C(C)(C)C)O[C@H]1O. The van der Waals surface area contributed by atoms with Crippen molar-refractivity contribution in [1.82, 2.24) is 4.90 Å². The first-order valence-electron chi connectivity index (χ1n) is 10.4. The van der Waals surface area contributed by atoms with Gasteiger partial charge in [0, 0.05) is 0 Å². The summed E-state index contributed by atoms with van der Waals surface area (Å²) in [7, 11) is 1.38. The number of likely N-dealkylation sites (N-methyl/N-ethyl adjacent to an activating group) is 1. The average Bonchev–Trinajstić information content (AvgIpc) is 2.98. The Morgan fingerprint density at radius 2 is 1.52 bits per heavy atom. The minimum Gasteiger partial charge on any atom is -0.405 e. The van der Waals surface area contributed by atoms with E-state index < -0.39 is 20.1 Å². The number of ether oxygens (including phenoxy) is 1. The van der Waals surface area contributed by atoms with Crippen molar-refractivity contribution in [2.75, 3.05) is 20.7 Å². The smallest absolute Gasteiger partial charge is 0.261 e. The molecule has 2 aromatic carbocycles. The summed E-state index contributed by atoms with van der Waals surface area (Å²) >= 11 is 0. The Hall–Kier alpha value is -1.50. The lowest BCUT2D eigenvalue weighted by Crippen LogP contribution is -2.67. The van der Waals surface area contributed by atoms with Gasteiger partial charge in [0.1, 0.15) is 0 Å². The van der Waals surface area contributed by atoms with Crippen molar-refractivity contribution in [1.29, 1.82) is 0 Å². The van der Waals surface area contributed by atoms with Gasteiger partial charge < -0.3 is 14.3 Å². The van der Waals surface area contributed by atoms with E-state index >= 15 is 0 Å². The number of aliphatic hydroxyl groups is 1. The van der Waals surface area contributed by atoms with Crippen molar-refractivity contribution in [2.45, 2.75) is 57.1 Å². The fourth-order valence-electron chi connectivity index (χ4n) is 4.42. The van der Waals surface area contributed by atoms with Gasteiger partial charge in [-0.05, 0) is 42.9 Å². The molecule has 3 atom stereocenters. The fraction of sp³-hybridized carbons (Fsp3) is 0.500. The van der Waals surface area contributed by atoms with E-state index in [9.17, 15) is 5.11 Å². The normalized spacial score (nSPS) is 25.5.